The van der Waals surface area contributed by atoms with Crippen molar-refractivity contribution in [1.82, 2.24) is 15.1 Å². The second-order valence-corrected chi connectivity index (χ2v) is 4.52. The summed E-state index contributed by atoms with van der Waals surface area (Å²) in [5, 5.41) is 15.9. The molecule has 2 rings (SSSR count). The number of carbonyl (C=O) groups is 1. The molecule has 0 unspecified atom stereocenters. The number of aryl methyl sites for hydroxylation is 2. The molecule has 1 heterocycles. The van der Waals surface area contributed by atoms with Gasteiger partial charge in [0, 0.05) is 24.8 Å². The van der Waals surface area contributed by atoms with Gasteiger partial charge in [-0.25, -0.2) is 0 Å². The Bertz CT molecular complexity index is 639. The predicted octanol–water partition coefficient (Wildman–Crippen LogP) is 1.88. The fourth-order valence-electron chi connectivity index (χ4n) is 1.86. The van der Waals surface area contributed by atoms with Crippen LogP contribution in [0.3, 0.4) is 0 Å². The van der Waals surface area contributed by atoms with Crippen LogP contribution >= 0.6 is 0 Å². The van der Waals surface area contributed by atoms with Gasteiger partial charge in [-0.05, 0) is 37.6 Å². The summed E-state index contributed by atoms with van der Waals surface area (Å²) in [6.45, 7) is 3.29. The molecule has 0 saturated carbocycles. The van der Waals surface area contributed by atoms with E-state index in [-0.39, 0.29) is 5.91 Å². The van der Waals surface area contributed by atoms with Gasteiger partial charge in [-0.2, -0.15) is 10.4 Å². The van der Waals surface area contributed by atoms with Crippen molar-refractivity contribution >= 4 is 5.91 Å². The Balaban J connectivity index is 1.79. The molecule has 0 saturated heterocycles. The van der Waals surface area contributed by atoms with Crippen LogP contribution in [-0.2, 0) is 6.54 Å². The smallest absolute Gasteiger partial charge is 0.251 e. The van der Waals surface area contributed by atoms with Gasteiger partial charge in [0.05, 0.1) is 17.3 Å². The van der Waals surface area contributed by atoms with Crippen molar-refractivity contribution in [2.75, 3.05) is 6.54 Å². The van der Waals surface area contributed by atoms with E-state index in [0.29, 0.717) is 17.7 Å². The van der Waals surface area contributed by atoms with E-state index >= 15 is 0 Å². The van der Waals surface area contributed by atoms with Crippen molar-refractivity contribution in [3.8, 4) is 6.07 Å². The summed E-state index contributed by atoms with van der Waals surface area (Å²) in [6.07, 6.45) is 2.73. The largest absolute Gasteiger partial charge is 0.352 e. The lowest BCUT2D eigenvalue weighted by molar-refractivity contribution is 0.0952. The summed E-state index contributed by atoms with van der Waals surface area (Å²) in [5.74, 6) is -0.154. The minimum absolute atomic E-state index is 0.154. The van der Waals surface area contributed by atoms with Crippen LogP contribution in [0.15, 0.2) is 36.5 Å². The normalized spacial score (nSPS) is 10.0. The summed E-state index contributed by atoms with van der Waals surface area (Å²) in [6, 6.07) is 10.6. The molecular weight excluding hydrogens is 252 g/mol. The van der Waals surface area contributed by atoms with Gasteiger partial charge in [-0.15, -0.1) is 0 Å². The first-order valence-corrected chi connectivity index (χ1v) is 6.47. The fraction of sp³-hybridized carbons (Fsp3) is 0.267. The number of carbonyl (C=O) groups excluding carboxylic acids is 1. The average Bonchev–Trinajstić information content (AvgIpc) is 2.89. The van der Waals surface area contributed by atoms with Gasteiger partial charge in [-0.1, -0.05) is 6.07 Å². The maximum absolute atomic E-state index is 11.9. The molecular formula is C15H16N4O. The third-order valence-corrected chi connectivity index (χ3v) is 2.88. The number of nitrogens with zero attached hydrogens (tertiary/aromatic N) is 3. The van der Waals surface area contributed by atoms with Gasteiger partial charge in [0.1, 0.15) is 0 Å². The van der Waals surface area contributed by atoms with E-state index in [1.54, 1.807) is 24.3 Å². The lowest BCUT2D eigenvalue weighted by Crippen LogP contribution is -2.25. The van der Waals surface area contributed by atoms with Crippen molar-refractivity contribution in [2.24, 2.45) is 0 Å². The van der Waals surface area contributed by atoms with Gasteiger partial charge in [0.15, 0.2) is 0 Å². The number of rotatable bonds is 5. The van der Waals surface area contributed by atoms with Crippen LogP contribution in [0.4, 0.5) is 0 Å². The van der Waals surface area contributed by atoms with Crippen LogP contribution in [-0.4, -0.2) is 22.2 Å². The molecule has 0 spiro atoms. The Kier molecular flexibility index (Phi) is 4.51. The van der Waals surface area contributed by atoms with Crippen molar-refractivity contribution in [1.29, 1.82) is 5.26 Å². The van der Waals surface area contributed by atoms with E-state index in [2.05, 4.69) is 10.4 Å². The third kappa shape index (κ3) is 3.69. The molecule has 0 bridgehead atoms. The first kappa shape index (κ1) is 13.8. The monoisotopic (exact) mass is 268 g/mol. The molecule has 0 radical (unpaired) electrons. The van der Waals surface area contributed by atoms with Crippen molar-refractivity contribution in [3.05, 3.63) is 53.3 Å². The Labute approximate surface area is 117 Å². The quantitative estimate of drug-likeness (QED) is 0.842. The van der Waals surface area contributed by atoms with Gasteiger partial charge < -0.3 is 5.32 Å². The molecule has 0 fully saturated rings. The van der Waals surface area contributed by atoms with Gasteiger partial charge >= 0.3 is 0 Å². The standard InChI is InChI=1S/C15H16N4O/c1-12-6-9-19(18-12)8-3-7-17-15(20)14-5-2-4-13(10-14)11-16/h2,4-6,9-10H,3,7-8H2,1H3,(H,17,20). The lowest BCUT2D eigenvalue weighted by atomic mass is 10.1. The molecule has 20 heavy (non-hydrogen) atoms. The zero-order chi connectivity index (χ0) is 14.4. The second-order valence-electron chi connectivity index (χ2n) is 4.52. The number of nitriles is 1. The zero-order valence-corrected chi connectivity index (χ0v) is 11.3. The van der Waals surface area contributed by atoms with Gasteiger partial charge in [-0.3, -0.25) is 9.48 Å². The first-order chi connectivity index (χ1) is 9.69. The van der Waals surface area contributed by atoms with Crippen molar-refractivity contribution in [3.63, 3.8) is 0 Å². The Morgan fingerprint density at radius 3 is 3.00 bits per heavy atom. The molecule has 0 aliphatic carbocycles. The molecule has 102 valence electrons. The van der Waals surface area contributed by atoms with E-state index in [9.17, 15) is 4.79 Å². The highest BCUT2D eigenvalue weighted by molar-refractivity contribution is 5.94. The number of aromatic nitrogens is 2. The number of benzene rings is 1. The maximum atomic E-state index is 11.9. The van der Waals surface area contributed by atoms with Crippen molar-refractivity contribution < 1.29 is 4.79 Å². The molecule has 5 nitrogen and oxygen atoms in total. The molecule has 0 aliphatic rings. The lowest BCUT2D eigenvalue weighted by Gasteiger charge is -2.05. The topological polar surface area (TPSA) is 70.7 Å². The summed E-state index contributed by atoms with van der Waals surface area (Å²) >= 11 is 0. The average molecular weight is 268 g/mol. The van der Waals surface area contributed by atoms with Crippen LogP contribution in [0, 0.1) is 18.3 Å². The van der Waals surface area contributed by atoms with Crippen LogP contribution < -0.4 is 5.32 Å². The fourth-order valence-corrected chi connectivity index (χ4v) is 1.86. The van der Waals surface area contributed by atoms with Crippen LogP contribution in [0.5, 0.6) is 0 Å². The SMILES string of the molecule is Cc1ccn(CCCNC(=O)c2cccc(C#N)c2)n1. The predicted molar refractivity (Wildman–Crippen MR) is 75.1 cm³/mol. The molecule has 1 aromatic carbocycles. The Morgan fingerprint density at radius 1 is 1.45 bits per heavy atom. The van der Waals surface area contributed by atoms with Gasteiger partial charge in [0.2, 0.25) is 0 Å². The highest BCUT2D eigenvalue weighted by Gasteiger charge is 2.05. The van der Waals surface area contributed by atoms with Crippen molar-refractivity contribution in [2.45, 2.75) is 19.9 Å². The van der Waals surface area contributed by atoms with E-state index < -0.39 is 0 Å². The minimum Gasteiger partial charge on any atom is -0.352 e. The molecule has 1 amide bonds. The van der Waals surface area contributed by atoms with Crippen LogP contribution in [0.25, 0.3) is 0 Å². The summed E-state index contributed by atoms with van der Waals surface area (Å²) in [4.78, 5) is 11.9. The second kappa shape index (κ2) is 6.53. The summed E-state index contributed by atoms with van der Waals surface area (Å²) in [7, 11) is 0. The third-order valence-electron chi connectivity index (χ3n) is 2.88. The zero-order valence-electron chi connectivity index (χ0n) is 11.3. The Morgan fingerprint density at radius 2 is 2.30 bits per heavy atom. The van der Waals surface area contributed by atoms with Gasteiger partial charge in [0.25, 0.3) is 5.91 Å². The van der Waals surface area contributed by atoms with Crippen LogP contribution in [0.1, 0.15) is 28.0 Å². The molecule has 0 atom stereocenters. The van der Waals surface area contributed by atoms with E-state index in [1.165, 1.54) is 0 Å². The summed E-state index contributed by atoms with van der Waals surface area (Å²) in [5.41, 5.74) is 1.99. The maximum Gasteiger partial charge on any atom is 0.251 e. The van der Waals surface area contributed by atoms with E-state index in [1.807, 2.05) is 29.9 Å². The number of hydrogen-bond acceptors (Lipinski definition) is 3. The van der Waals surface area contributed by atoms with Crippen LogP contribution in [0.2, 0.25) is 0 Å². The number of nitrogens with one attached hydrogen (secondary N) is 1. The first-order valence-electron chi connectivity index (χ1n) is 6.47. The van der Waals surface area contributed by atoms with E-state index in [4.69, 9.17) is 5.26 Å². The highest BCUT2D eigenvalue weighted by atomic mass is 16.1. The minimum atomic E-state index is -0.154. The number of amides is 1. The molecule has 0 aliphatic heterocycles. The van der Waals surface area contributed by atoms with E-state index in [0.717, 1.165) is 18.7 Å². The Hall–Kier alpha value is -2.61. The molecule has 5 heteroatoms. The number of hydrogen-bond donors (Lipinski definition) is 1. The summed E-state index contributed by atoms with van der Waals surface area (Å²) < 4.78 is 1.86. The highest BCUT2D eigenvalue weighted by Crippen LogP contribution is 2.04. The molecule has 2 aromatic rings. The molecule has 1 aromatic heterocycles. The molecule has 1 N–H and O–H groups in total.